The maximum absolute atomic E-state index is 11.7. The van der Waals surface area contributed by atoms with Crippen LogP contribution in [-0.2, 0) is 4.79 Å². The van der Waals surface area contributed by atoms with Crippen LogP contribution in [0.3, 0.4) is 0 Å². The Labute approximate surface area is 151 Å². The highest BCUT2D eigenvalue weighted by Gasteiger charge is 2.25. The molecule has 0 radical (unpaired) electrons. The molecule has 0 bridgehead atoms. The van der Waals surface area contributed by atoms with E-state index >= 15 is 0 Å². The quantitative estimate of drug-likeness (QED) is 0.438. The van der Waals surface area contributed by atoms with Crippen LogP contribution in [0.2, 0.25) is 0 Å². The molecule has 0 saturated carbocycles. The normalized spacial score (nSPS) is 17.7. The third-order valence-electron chi connectivity index (χ3n) is 3.87. The van der Waals surface area contributed by atoms with Crippen LogP contribution in [0.15, 0.2) is 33.7 Å². The monoisotopic (exact) mass is 396 g/mol. The number of carbonyl (C=O) groups excluding carboxylic acids is 1. The fourth-order valence-electron chi connectivity index (χ4n) is 2.61. The molecule has 132 valence electrons. The van der Waals surface area contributed by atoms with Crippen LogP contribution >= 0.6 is 15.9 Å². The summed E-state index contributed by atoms with van der Waals surface area (Å²) in [5.41, 5.74) is 0. The van der Waals surface area contributed by atoms with Crippen molar-refractivity contribution in [3.63, 3.8) is 0 Å². The van der Waals surface area contributed by atoms with Gasteiger partial charge < -0.3 is 20.3 Å². The van der Waals surface area contributed by atoms with Crippen LogP contribution in [0.5, 0.6) is 5.75 Å². The number of halogens is 1. The zero-order chi connectivity index (χ0) is 17.4. The Hall–Kier alpha value is -1.76. The molecule has 1 atom stereocenters. The van der Waals surface area contributed by atoms with E-state index in [9.17, 15) is 4.79 Å². The van der Waals surface area contributed by atoms with Gasteiger partial charge in [-0.25, -0.2) is 0 Å². The molecule has 0 aromatic heterocycles. The second-order valence-corrected chi connectivity index (χ2v) is 6.54. The molecule has 7 heteroatoms. The molecule has 1 aliphatic rings. The molecule has 24 heavy (non-hydrogen) atoms. The first kappa shape index (κ1) is 18.6. The summed E-state index contributed by atoms with van der Waals surface area (Å²) >= 11 is 3.42. The van der Waals surface area contributed by atoms with Gasteiger partial charge in [0.05, 0.1) is 6.54 Å². The van der Waals surface area contributed by atoms with Crippen molar-refractivity contribution < 1.29 is 9.53 Å². The first-order valence-corrected chi connectivity index (χ1v) is 9.05. The molecule has 0 aliphatic carbocycles. The van der Waals surface area contributed by atoms with Gasteiger partial charge in [-0.2, -0.15) is 0 Å². The van der Waals surface area contributed by atoms with Gasteiger partial charge in [0.15, 0.2) is 5.96 Å². The van der Waals surface area contributed by atoms with Crippen LogP contribution in [0.1, 0.15) is 19.8 Å². The number of guanidine groups is 1. The third-order valence-corrected chi connectivity index (χ3v) is 4.36. The lowest BCUT2D eigenvalue weighted by Crippen LogP contribution is -2.46. The van der Waals surface area contributed by atoms with Gasteiger partial charge in [0, 0.05) is 37.1 Å². The zero-order valence-corrected chi connectivity index (χ0v) is 15.8. The summed E-state index contributed by atoms with van der Waals surface area (Å²) in [6.07, 6.45) is 1.51. The molecule has 0 spiro atoms. The minimum Gasteiger partial charge on any atom is -0.492 e. The standard InChI is InChI=1S/C17H25BrN4O2/c1-3-16(23)22-9-7-14(12-22)21-17(19-2)20-8-10-24-15-6-4-5-13(18)11-15/h4-6,11,14H,3,7-10,12H2,1-2H3,(H2,19,20,21). The lowest BCUT2D eigenvalue weighted by molar-refractivity contribution is -0.129. The average Bonchev–Trinajstić information content (AvgIpc) is 3.05. The highest BCUT2D eigenvalue weighted by Crippen LogP contribution is 2.17. The predicted molar refractivity (Wildman–Crippen MR) is 99.4 cm³/mol. The second-order valence-electron chi connectivity index (χ2n) is 5.63. The maximum Gasteiger partial charge on any atom is 0.222 e. The topological polar surface area (TPSA) is 66.0 Å². The molecule has 1 heterocycles. The molecule has 2 rings (SSSR count). The van der Waals surface area contributed by atoms with Gasteiger partial charge >= 0.3 is 0 Å². The molecule has 6 nitrogen and oxygen atoms in total. The number of ether oxygens (including phenoxy) is 1. The SMILES string of the molecule is CCC(=O)N1CCC(NC(=NC)NCCOc2cccc(Br)c2)C1. The molecular weight excluding hydrogens is 372 g/mol. The van der Waals surface area contributed by atoms with Gasteiger partial charge in [0.1, 0.15) is 12.4 Å². The van der Waals surface area contributed by atoms with Crippen LogP contribution in [0.4, 0.5) is 0 Å². The van der Waals surface area contributed by atoms with E-state index in [2.05, 4.69) is 31.6 Å². The van der Waals surface area contributed by atoms with E-state index in [1.165, 1.54) is 0 Å². The molecule has 2 N–H and O–H groups in total. The molecule has 1 unspecified atom stereocenters. The fraction of sp³-hybridized carbons (Fsp3) is 0.529. The molecule has 1 aliphatic heterocycles. The van der Waals surface area contributed by atoms with Crippen molar-refractivity contribution in [1.29, 1.82) is 0 Å². The van der Waals surface area contributed by atoms with E-state index in [4.69, 9.17) is 4.74 Å². The van der Waals surface area contributed by atoms with Crippen LogP contribution < -0.4 is 15.4 Å². The van der Waals surface area contributed by atoms with Gasteiger partial charge in [-0.15, -0.1) is 0 Å². The highest BCUT2D eigenvalue weighted by atomic mass is 79.9. The zero-order valence-electron chi connectivity index (χ0n) is 14.2. The van der Waals surface area contributed by atoms with Crippen LogP contribution in [0.25, 0.3) is 0 Å². The Bertz CT molecular complexity index is 579. The predicted octanol–water partition coefficient (Wildman–Crippen LogP) is 2.00. The van der Waals surface area contributed by atoms with E-state index in [0.717, 1.165) is 35.7 Å². The van der Waals surface area contributed by atoms with E-state index in [1.807, 2.05) is 36.1 Å². The van der Waals surface area contributed by atoms with Crippen molar-refractivity contribution in [2.24, 2.45) is 4.99 Å². The summed E-state index contributed by atoms with van der Waals surface area (Å²) < 4.78 is 6.68. The number of nitrogens with zero attached hydrogens (tertiary/aromatic N) is 2. The largest absolute Gasteiger partial charge is 0.492 e. The Morgan fingerprint density at radius 3 is 3.04 bits per heavy atom. The number of carbonyl (C=O) groups is 1. The lowest BCUT2D eigenvalue weighted by Gasteiger charge is -2.18. The summed E-state index contributed by atoms with van der Waals surface area (Å²) in [6, 6.07) is 8.01. The van der Waals surface area contributed by atoms with E-state index in [1.54, 1.807) is 7.05 Å². The first-order chi connectivity index (χ1) is 11.6. The Morgan fingerprint density at radius 1 is 1.50 bits per heavy atom. The number of hydrogen-bond donors (Lipinski definition) is 2. The van der Waals surface area contributed by atoms with Crippen molar-refractivity contribution in [3.8, 4) is 5.75 Å². The maximum atomic E-state index is 11.7. The molecular formula is C17H25BrN4O2. The van der Waals surface area contributed by atoms with Gasteiger partial charge in [-0.05, 0) is 24.6 Å². The fourth-order valence-corrected chi connectivity index (χ4v) is 2.99. The summed E-state index contributed by atoms with van der Waals surface area (Å²) in [5, 5.41) is 6.60. The van der Waals surface area contributed by atoms with Gasteiger partial charge in [0.2, 0.25) is 5.91 Å². The Morgan fingerprint density at radius 2 is 2.33 bits per heavy atom. The van der Waals surface area contributed by atoms with Gasteiger partial charge in [0.25, 0.3) is 0 Å². The molecule has 1 saturated heterocycles. The number of rotatable bonds is 6. The van der Waals surface area contributed by atoms with Crippen molar-refractivity contribution >= 4 is 27.8 Å². The van der Waals surface area contributed by atoms with E-state index < -0.39 is 0 Å². The number of aliphatic imine (C=N–C) groups is 1. The third kappa shape index (κ3) is 5.70. The summed E-state index contributed by atoms with van der Waals surface area (Å²) in [5.74, 6) is 1.78. The van der Waals surface area contributed by atoms with Crippen LogP contribution in [-0.4, -0.2) is 56.1 Å². The number of nitrogens with one attached hydrogen (secondary N) is 2. The Kier molecular flexibility index (Phi) is 7.36. The molecule has 1 aromatic rings. The van der Waals surface area contributed by atoms with Crippen molar-refractivity contribution in [2.75, 3.05) is 33.3 Å². The molecule has 1 amide bonds. The summed E-state index contributed by atoms with van der Waals surface area (Å²) in [6.45, 7) is 4.64. The van der Waals surface area contributed by atoms with Crippen molar-refractivity contribution in [2.45, 2.75) is 25.8 Å². The average molecular weight is 397 g/mol. The minimum atomic E-state index is 0.213. The Balaban J connectivity index is 1.69. The smallest absolute Gasteiger partial charge is 0.222 e. The lowest BCUT2D eigenvalue weighted by atomic mass is 10.3. The summed E-state index contributed by atoms with van der Waals surface area (Å²) in [4.78, 5) is 17.8. The van der Waals surface area contributed by atoms with Crippen molar-refractivity contribution in [3.05, 3.63) is 28.7 Å². The second kappa shape index (κ2) is 9.52. The molecule has 1 fully saturated rings. The van der Waals surface area contributed by atoms with Crippen LogP contribution in [0, 0.1) is 0 Å². The number of likely N-dealkylation sites (tertiary alicyclic amines) is 1. The number of amides is 1. The van der Waals surface area contributed by atoms with Gasteiger partial charge in [-0.3, -0.25) is 9.79 Å². The van der Waals surface area contributed by atoms with Crippen molar-refractivity contribution in [1.82, 2.24) is 15.5 Å². The van der Waals surface area contributed by atoms with E-state index in [0.29, 0.717) is 19.6 Å². The minimum absolute atomic E-state index is 0.213. The summed E-state index contributed by atoms with van der Waals surface area (Å²) in [7, 11) is 1.74. The van der Waals surface area contributed by atoms with E-state index in [-0.39, 0.29) is 11.9 Å². The highest BCUT2D eigenvalue weighted by molar-refractivity contribution is 9.10. The molecule has 1 aromatic carbocycles. The number of hydrogen-bond acceptors (Lipinski definition) is 3. The first-order valence-electron chi connectivity index (χ1n) is 8.25. The number of benzene rings is 1. The van der Waals surface area contributed by atoms with Gasteiger partial charge in [-0.1, -0.05) is 28.9 Å².